The Morgan fingerprint density at radius 3 is 2.40 bits per heavy atom. The monoisotopic (exact) mass is 294 g/mol. The Balaban J connectivity index is 2.40. The maximum atomic E-state index is 13.3. The molecule has 0 aliphatic carbocycles. The van der Waals surface area contributed by atoms with E-state index in [0.717, 1.165) is 23.3 Å². The van der Waals surface area contributed by atoms with E-state index in [4.69, 9.17) is 5.73 Å². The molecule has 0 atom stereocenters. The van der Waals surface area contributed by atoms with E-state index in [1.165, 1.54) is 6.07 Å². The molecule has 0 unspecified atom stereocenters. The SMILES string of the molecule is Cc1ccc(NS(=O)(=O)c2cc(N)cc(F)c2)c(C)c1. The van der Waals surface area contributed by atoms with Crippen molar-refractivity contribution in [2.24, 2.45) is 0 Å². The van der Waals surface area contributed by atoms with Gasteiger partial charge in [-0.05, 0) is 43.7 Å². The molecular weight excluding hydrogens is 279 g/mol. The van der Waals surface area contributed by atoms with Crippen LogP contribution in [0, 0.1) is 19.7 Å². The van der Waals surface area contributed by atoms with Crippen LogP contribution < -0.4 is 10.5 Å². The maximum absolute atomic E-state index is 13.3. The normalized spacial score (nSPS) is 11.3. The summed E-state index contributed by atoms with van der Waals surface area (Å²) in [5, 5.41) is 0. The van der Waals surface area contributed by atoms with Crippen LogP contribution in [0.1, 0.15) is 11.1 Å². The summed E-state index contributed by atoms with van der Waals surface area (Å²) < 4.78 is 40.1. The lowest BCUT2D eigenvalue weighted by Crippen LogP contribution is -2.14. The minimum atomic E-state index is -3.86. The number of nitrogens with two attached hydrogens (primary N) is 1. The summed E-state index contributed by atoms with van der Waals surface area (Å²) in [5.41, 5.74) is 7.80. The van der Waals surface area contributed by atoms with Crippen molar-refractivity contribution in [3.05, 3.63) is 53.3 Å². The van der Waals surface area contributed by atoms with E-state index in [1.807, 2.05) is 13.0 Å². The molecule has 4 nitrogen and oxygen atoms in total. The first kappa shape index (κ1) is 14.3. The van der Waals surface area contributed by atoms with Crippen LogP contribution in [-0.4, -0.2) is 8.42 Å². The Bertz CT molecular complexity index is 738. The van der Waals surface area contributed by atoms with E-state index in [0.29, 0.717) is 5.69 Å². The average Bonchev–Trinajstić information content (AvgIpc) is 2.31. The number of hydrogen-bond donors (Lipinski definition) is 2. The lowest BCUT2D eigenvalue weighted by atomic mass is 10.1. The summed E-state index contributed by atoms with van der Waals surface area (Å²) >= 11 is 0. The van der Waals surface area contributed by atoms with Crippen LogP contribution in [0.2, 0.25) is 0 Å². The maximum Gasteiger partial charge on any atom is 0.262 e. The highest BCUT2D eigenvalue weighted by atomic mass is 32.2. The number of rotatable bonds is 3. The molecule has 3 N–H and O–H groups in total. The molecule has 20 heavy (non-hydrogen) atoms. The first-order valence-electron chi connectivity index (χ1n) is 5.94. The van der Waals surface area contributed by atoms with E-state index in [1.54, 1.807) is 19.1 Å². The Morgan fingerprint density at radius 1 is 1.10 bits per heavy atom. The van der Waals surface area contributed by atoms with Crippen LogP contribution in [0.15, 0.2) is 41.3 Å². The quantitative estimate of drug-likeness (QED) is 0.855. The highest BCUT2D eigenvalue weighted by Gasteiger charge is 2.16. The van der Waals surface area contributed by atoms with Crippen molar-refractivity contribution < 1.29 is 12.8 Å². The fraction of sp³-hybridized carbons (Fsp3) is 0.143. The van der Waals surface area contributed by atoms with Gasteiger partial charge in [0.2, 0.25) is 0 Å². The topological polar surface area (TPSA) is 72.2 Å². The molecule has 0 aromatic heterocycles. The standard InChI is InChI=1S/C14H15FN2O2S/c1-9-3-4-14(10(2)5-9)17-20(18,19)13-7-11(15)6-12(16)8-13/h3-8,17H,16H2,1-2H3. The molecule has 2 aromatic carbocycles. The zero-order valence-corrected chi connectivity index (χ0v) is 12.0. The molecule has 0 saturated carbocycles. The lowest BCUT2D eigenvalue weighted by Gasteiger charge is -2.11. The molecule has 0 saturated heterocycles. The Labute approximate surface area is 117 Å². The van der Waals surface area contributed by atoms with Crippen molar-refractivity contribution in [3.8, 4) is 0 Å². The second-order valence-corrected chi connectivity index (χ2v) is 6.33. The van der Waals surface area contributed by atoms with Crippen molar-refractivity contribution in [1.82, 2.24) is 0 Å². The van der Waals surface area contributed by atoms with Crippen LogP contribution in [-0.2, 0) is 10.0 Å². The van der Waals surface area contributed by atoms with Crippen LogP contribution in [0.25, 0.3) is 0 Å². The Hall–Kier alpha value is -2.08. The summed E-state index contributed by atoms with van der Waals surface area (Å²) in [6.07, 6.45) is 0. The third-order valence-electron chi connectivity index (χ3n) is 2.83. The number of aryl methyl sites for hydroxylation is 2. The van der Waals surface area contributed by atoms with Gasteiger partial charge in [0.1, 0.15) is 5.82 Å². The minimum Gasteiger partial charge on any atom is -0.399 e. The Kier molecular flexibility index (Phi) is 3.67. The number of nitrogens with one attached hydrogen (secondary N) is 1. The predicted octanol–water partition coefficient (Wildman–Crippen LogP) is 2.83. The third-order valence-corrected chi connectivity index (χ3v) is 4.18. The molecule has 6 heteroatoms. The Morgan fingerprint density at radius 2 is 1.80 bits per heavy atom. The third kappa shape index (κ3) is 3.08. The number of anilines is 2. The predicted molar refractivity (Wildman–Crippen MR) is 77.5 cm³/mol. The molecule has 106 valence electrons. The fourth-order valence-corrected chi connectivity index (χ4v) is 3.07. The summed E-state index contributed by atoms with van der Waals surface area (Å²) in [6, 6.07) is 8.54. The van der Waals surface area contributed by atoms with Crippen molar-refractivity contribution in [1.29, 1.82) is 0 Å². The van der Waals surface area contributed by atoms with Crippen LogP contribution in [0.3, 0.4) is 0 Å². The van der Waals surface area contributed by atoms with Crippen molar-refractivity contribution >= 4 is 21.4 Å². The van der Waals surface area contributed by atoms with Gasteiger partial charge in [0, 0.05) is 5.69 Å². The first-order valence-corrected chi connectivity index (χ1v) is 7.42. The molecule has 0 heterocycles. The van der Waals surface area contributed by atoms with Crippen LogP contribution in [0.4, 0.5) is 15.8 Å². The minimum absolute atomic E-state index is 0.0611. The molecule has 0 fully saturated rings. The zero-order chi connectivity index (χ0) is 14.9. The highest BCUT2D eigenvalue weighted by Crippen LogP contribution is 2.22. The fourth-order valence-electron chi connectivity index (χ4n) is 1.87. The molecule has 0 aliphatic heterocycles. The van der Waals surface area contributed by atoms with Gasteiger partial charge in [0.25, 0.3) is 10.0 Å². The van der Waals surface area contributed by atoms with E-state index in [-0.39, 0.29) is 10.6 Å². The summed E-state index contributed by atoms with van der Waals surface area (Å²) in [4.78, 5) is -0.199. The molecule has 0 radical (unpaired) electrons. The molecule has 2 rings (SSSR count). The van der Waals surface area contributed by atoms with Gasteiger partial charge in [-0.25, -0.2) is 12.8 Å². The first-order chi connectivity index (χ1) is 9.28. The highest BCUT2D eigenvalue weighted by molar-refractivity contribution is 7.92. The molecule has 0 bridgehead atoms. The molecule has 0 aliphatic rings. The van der Waals surface area contributed by atoms with Crippen LogP contribution in [0.5, 0.6) is 0 Å². The smallest absolute Gasteiger partial charge is 0.262 e. The summed E-state index contributed by atoms with van der Waals surface area (Å²) in [5.74, 6) is -0.689. The van der Waals surface area contributed by atoms with Crippen molar-refractivity contribution in [2.45, 2.75) is 18.7 Å². The molecule has 2 aromatic rings. The van der Waals surface area contributed by atoms with E-state index in [9.17, 15) is 12.8 Å². The van der Waals surface area contributed by atoms with Crippen molar-refractivity contribution in [3.63, 3.8) is 0 Å². The van der Waals surface area contributed by atoms with Gasteiger partial charge in [0.15, 0.2) is 0 Å². The van der Waals surface area contributed by atoms with Gasteiger partial charge in [0.05, 0.1) is 10.6 Å². The van der Waals surface area contributed by atoms with Gasteiger partial charge in [-0.2, -0.15) is 0 Å². The van der Waals surface area contributed by atoms with Gasteiger partial charge in [-0.15, -0.1) is 0 Å². The second kappa shape index (κ2) is 5.13. The average molecular weight is 294 g/mol. The number of benzene rings is 2. The van der Waals surface area contributed by atoms with E-state index in [2.05, 4.69) is 4.72 Å². The number of halogens is 1. The van der Waals surface area contributed by atoms with Crippen LogP contribution >= 0.6 is 0 Å². The number of sulfonamides is 1. The van der Waals surface area contributed by atoms with Gasteiger partial charge < -0.3 is 5.73 Å². The molecular formula is C14H15FN2O2S. The number of nitrogen functional groups attached to an aromatic ring is 1. The second-order valence-electron chi connectivity index (χ2n) is 4.64. The van der Waals surface area contributed by atoms with Gasteiger partial charge in [-0.1, -0.05) is 17.7 Å². The van der Waals surface area contributed by atoms with E-state index >= 15 is 0 Å². The number of hydrogen-bond acceptors (Lipinski definition) is 3. The van der Waals surface area contributed by atoms with Gasteiger partial charge >= 0.3 is 0 Å². The van der Waals surface area contributed by atoms with Crippen molar-refractivity contribution in [2.75, 3.05) is 10.5 Å². The summed E-state index contributed by atoms with van der Waals surface area (Å²) in [7, 11) is -3.86. The largest absolute Gasteiger partial charge is 0.399 e. The van der Waals surface area contributed by atoms with Gasteiger partial charge in [-0.3, -0.25) is 4.72 Å². The molecule has 0 spiro atoms. The summed E-state index contributed by atoms with van der Waals surface area (Å²) in [6.45, 7) is 3.71. The zero-order valence-electron chi connectivity index (χ0n) is 11.1. The molecule has 0 amide bonds. The lowest BCUT2D eigenvalue weighted by molar-refractivity contribution is 0.595. The van der Waals surface area contributed by atoms with E-state index < -0.39 is 15.8 Å².